The fourth-order valence-electron chi connectivity index (χ4n) is 4.14. The highest BCUT2D eigenvalue weighted by molar-refractivity contribution is 7.64. The van der Waals surface area contributed by atoms with Crippen LogP contribution >= 0.6 is 7.92 Å². The maximum atomic E-state index is 13.5. The molecule has 1 atom stereocenters. The summed E-state index contributed by atoms with van der Waals surface area (Å²) in [6, 6.07) is 16.3. The topological polar surface area (TPSA) is 54.9 Å². The van der Waals surface area contributed by atoms with Crippen molar-refractivity contribution < 1.29 is 9.18 Å². The number of amides is 1. The van der Waals surface area contributed by atoms with Crippen LogP contribution in [0, 0.1) is 19.7 Å². The quantitative estimate of drug-likeness (QED) is 0.346. The Kier molecular flexibility index (Phi) is 7.33. The van der Waals surface area contributed by atoms with Gasteiger partial charge in [-0.25, -0.2) is 4.39 Å². The van der Waals surface area contributed by atoms with Crippen molar-refractivity contribution in [1.82, 2.24) is 15.3 Å². The molecular formula is C28H29FN3OP. The van der Waals surface area contributed by atoms with Crippen LogP contribution in [0.4, 0.5) is 4.39 Å². The summed E-state index contributed by atoms with van der Waals surface area (Å²) in [6.07, 6.45) is 3.46. The van der Waals surface area contributed by atoms with Crippen LogP contribution in [0.5, 0.6) is 0 Å². The third-order valence-electron chi connectivity index (χ3n) is 6.13. The molecule has 2 aromatic heterocycles. The number of carbonyl (C=O) groups is 1. The number of aromatic nitrogens is 2. The monoisotopic (exact) mass is 473 g/mol. The summed E-state index contributed by atoms with van der Waals surface area (Å²) in [5, 5.41) is 5.31. The summed E-state index contributed by atoms with van der Waals surface area (Å²) in [5.41, 5.74) is 6.40. The second kappa shape index (κ2) is 10.4. The zero-order valence-electron chi connectivity index (χ0n) is 20.0. The molecule has 0 saturated carbocycles. The van der Waals surface area contributed by atoms with Gasteiger partial charge in [0.05, 0.1) is 11.2 Å². The van der Waals surface area contributed by atoms with Crippen molar-refractivity contribution >= 4 is 30.0 Å². The molecule has 1 amide bonds. The summed E-state index contributed by atoms with van der Waals surface area (Å²) in [5.74, 6) is -0.363. The maximum absolute atomic E-state index is 13.5. The van der Waals surface area contributed by atoms with Crippen molar-refractivity contribution in [3.8, 4) is 11.3 Å². The van der Waals surface area contributed by atoms with E-state index < -0.39 is 0 Å². The van der Waals surface area contributed by atoms with Crippen LogP contribution in [0.25, 0.3) is 22.2 Å². The van der Waals surface area contributed by atoms with Gasteiger partial charge in [0, 0.05) is 41.4 Å². The van der Waals surface area contributed by atoms with E-state index >= 15 is 0 Å². The van der Waals surface area contributed by atoms with Gasteiger partial charge in [0.25, 0.3) is 5.91 Å². The molecule has 0 aliphatic heterocycles. The van der Waals surface area contributed by atoms with Crippen LogP contribution in [-0.4, -0.2) is 35.2 Å². The molecular weight excluding hydrogens is 444 g/mol. The molecule has 2 aromatic carbocycles. The van der Waals surface area contributed by atoms with E-state index in [9.17, 15) is 9.18 Å². The lowest BCUT2D eigenvalue weighted by Crippen LogP contribution is -2.26. The molecule has 4 rings (SSSR count). The number of nitrogens with zero attached hydrogens (tertiary/aromatic N) is 2. The van der Waals surface area contributed by atoms with Gasteiger partial charge in [-0.3, -0.25) is 14.8 Å². The van der Waals surface area contributed by atoms with Gasteiger partial charge in [0.1, 0.15) is 5.82 Å². The molecule has 0 radical (unpaired) electrons. The van der Waals surface area contributed by atoms with Crippen LogP contribution in [0.2, 0.25) is 0 Å². The van der Waals surface area contributed by atoms with Crippen LogP contribution in [-0.2, 0) is 6.42 Å². The first-order chi connectivity index (χ1) is 16.4. The van der Waals surface area contributed by atoms with E-state index in [1.54, 1.807) is 18.3 Å². The molecule has 0 aliphatic rings. The molecule has 6 heteroatoms. The average molecular weight is 474 g/mol. The molecule has 4 aromatic rings. The molecule has 1 N–H and O–H groups in total. The Balaban J connectivity index is 1.55. The third kappa shape index (κ3) is 5.15. The van der Waals surface area contributed by atoms with Gasteiger partial charge < -0.3 is 5.32 Å². The van der Waals surface area contributed by atoms with E-state index in [1.165, 1.54) is 17.4 Å². The van der Waals surface area contributed by atoms with Crippen molar-refractivity contribution in [2.24, 2.45) is 0 Å². The molecule has 4 nitrogen and oxygen atoms in total. The Morgan fingerprint density at radius 2 is 1.85 bits per heavy atom. The van der Waals surface area contributed by atoms with Gasteiger partial charge in [-0.1, -0.05) is 20.9 Å². The first-order valence-corrected chi connectivity index (χ1v) is 13.5. The van der Waals surface area contributed by atoms with Gasteiger partial charge in [0.2, 0.25) is 0 Å². The predicted octanol–water partition coefficient (Wildman–Crippen LogP) is 5.78. The molecule has 174 valence electrons. The van der Waals surface area contributed by atoms with Crippen molar-refractivity contribution in [3.05, 3.63) is 89.0 Å². The Hall–Kier alpha value is -3.17. The van der Waals surface area contributed by atoms with E-state index in [4.69, 9.17) is 4.98 Å². The summed E-state index contributed by atoms with van der Waals surface area (Å²) in [7, 11) is -0.315. The third-order valence-corrected chi connectivity index (χ3v) is 8.36. The first kappa shape index (κ1) is 24.0. The zero-order chi connectivity index (χ0) is 24.2. The van der Waals surface area contributed by atoms with E-state index in [0.717, 1.165) is 45.1 Å². The minimum Gasteiger partial charge on any atom is -0.352 e. The van der Waals surface area contributed by atoms with Crippen LogP contribution < -0.4 is 10.6 Å². The first-order valence-electron chi connectivity index (χ1n) is 11.5. The van der Waals surface area contributed by atoms with E-state index in [1.807, 2.05) is 31.2 Å². The fraction of sp³-hybridized carbons (Fsp3) is 0.250. The number of carbonyl (C=O) groups excluding carboxylic acids is 1. The highest BCUT2D eigenvalue weighted by Gasteiger charge is 2.15. The molecule has 2 heterocycles. The summed E-state index contributed by atoms with van der Waals surface area (Å²) < 4.78 is 13.5. The zero-order valence-corrected chi connectivity index (χ0v) is 20.9. The second-order valence-corrected chi connectivity index (χ2v) is 11.0. The molecule has 0 saturated heterocycles. The second-order valence-electron chi connectivity index (χ2n) is 8.50. The number of aryl methyl sites for hydroxylation is 1. The SMILES string of the molecule is CCP(C)c1cc(CCNC(=O)c2cc(C)c3ncccc3c2)nc(-c2ccc(F)cc2)c1C. The van der Waals surface area contributed by atoms with Gasteiger partial charge in [-0.05, 0) is 91.6 Å². The standard InChI is InChI=1S/C28H29FN3OP/c1-5-34(4)25-17-24(32-27(19(25)3)20-8-10-23(29)11-9-20)12-14-31-28(33)22-15-18(2)26-21(16-22)7-6-13-30-26/h6-11,13,15-17H,5,12,14H2,1-4H3,(H,31,33). The van der Waals surface area contributed by atoms with Gasteiger partial charge >= 0.3 is 0 Å². The number of hydrogen-bond donors (Lipinski definition) is 1. The number of fused-ring (bicyclic) bond motifs is 1. The van der Waals surface area contributed by atoms with Crippen molar-refractivity contribution in [3.63, 3.8) is 0 Å². The smallest absolute Gasteiger partial charge is 0.251 e. The van der Waals surface area contributed by atoms with Crippen LogP contribution in [0.3, 0.4) is 0 Å². The number of benzene rings is 2. The number of hydrogen-bond acceptors (Lipinski definition) is 3. The van der Waals surface area contributed by atoms with Gasteiger partial charge in [0.15, 0.2) is 0 Å². The highest BCUT2D eigenvalue weighted by Crippen LogP contribution is 2.33. The Bertz CT molecular complexity index is 1340. The van der Waals surface area contributed by atoms with Crippen LogP contribution in [0.15, 0.2) is 60.8 Å². The fourth-order valence-corrected chi connectivity index (χ4v) is 5.53. The lowest BCUT2D eigenvalue weighted by atomic mass is 10.0. The molecule has 0 aliphatic carbocycles. The predicted molar refractivity (Wildman–Crippen MR) is 140 cm³/mol. The highest BCUT2D eigenvalue weighted by atomic mass is 31.1. The Labute approximate surface area is 201 Å². The molecule has 1 unspecified atom stereocenters. The molecule has 34 heavy (non-hydrogen) atoms. The normalized spacial score (nSPS) is 12.0. The number of pyridine rings is 2. The van der Waals surface area contributed by atoms with Crippen molar-refractivity contribution in [1.29, 1.82) is 0 Å². The van der Waals surface area contributed by atoms with Gasteiger partial charge in [-0.2, -0.15) is 0 Å². The van der Waals surface area contributed by atoms with Gasteiger partial charge in [-0.15, -0.1) is 0 Å². The molecule has 0 fully saturated rings. The molecule has 0 spiro atoms. The van der Waals surface area contributed by atoms with Crippen LogP contribution in [0.1, 0.15) is 34.1 Å². The van der Waals surface area contributed by atoms with Crippen molar-refractivity contribution in [2.45, 2.75) is 27.2 Å². The minimum absolute atomic E-state index is 0.105. The lowest BCUT2D eigenvalue weighted by molar-refractivity contribution is 0.0954. The Morgan fingerprint density at radius 1 is 1.09 bits per heavy atom. The number of halogens is 1. The summed E-state index contributed by atoms with van der Waals surface area (Å²) in [6.45, 7) is 9.02. The lowest BCUT2D eigenvalue weighted by Gasteiger charge is -2.18. The van der Waals surface area contributed by atoms with Crippen molar-refractivity contribution in [2.75, 3.05) is 19.4 Å². The van der Waals surface area contributed by atoms with E-state index in [0.29, 0.717) is 18.5 Å². The van der Waals surface area contributed by atoms with E-state index in [2.05, 4.69) is 36.9 Å². The summed E-state index contributed by atoms with van der Waals surface area (Å²) in [4.78, 5) is 22.1. The Morgan fingerprint density at radius 3 is 2.59 bits per heavy atom. The molecule has 0 bridgehead atoms. The maximum Gasteiger partial charge on any atom is 0.251 e. The number of nitrogens with one attached hydrogen (secondary N) is 1. The minimum atomic E-state index is -0.315. The van der Waals surface area contributed by atoms with E-state index in [-0.39, 0.29) is 19.6 Å². The number of rotatable bonds is 7. The largest absolute Gasteiger partial charge is 0.352 e. The summed E-state index contributed by atoms with van der Waals surface area (Å²) >= 11 is 0. The average Bonchev–Trinajstić information content (AvgIpc) is 2.85.